The topological polar surface area (TPSA) is 90.1 Å². The highest BCUT2D eigenvalue weighted by Crippen LogP contribution is 2.47. The number of benzene rings is 2. The summed E-state index contributed by atoms with van der Waals surface area (Å²) in [5, 5.41) is 10.4. The Balaban J connectivity index is 1.80. The molecule has 0 radical (unpaired) electrons. The van der Waals surface area contributed by atoms with Gasteiger partial charge in [-0.3, -0.25) is 14.2 Å². The number of para-hydroxylation sites is 2. The number of rotatable bonds is 3. The van der Waals surface area contributed by atoms with Crippen LogP contribution in [0.2, 0.25) is 0 Å². The molecular weight excluding hydrogens is 416 g/mol. The summed E-state index contributed by atoms with van der Waals surface area (Å²) in [6.07, 6.45) is 1.62. The van der Waals surface area contributed by atoms with Crippen molar-refractivity contribution in [2.75, 3.05) is 7.11 Å². The van der Waals surface area contributed by atoms with E-state index in [0.29, 0.717) is 26.4 Å². The lowest BCUT2D eigenvalue weighted by atomic mass is 9.79. The maximum Gasteiger partial charge on any atom is 0.270 e. The molecule has 7 nitrogen and oxygen atoms in total. The van der Waals surface area contributed by atoms with Gasteiger partial charge >= 0.3 is 0 Å². The number of carbonyl (C=O) groups excluding carboxylic acids is 1. The van der Waals surface area contributed by atoms with Gasteiger partial charge in [0.1, 0.15) is 17.5 Å². The Morgan fingerprint density at radius 1 is 1.29 bits per heavy atom. The number of hydrogen-bond donors (Lipinski definition) is 1. The van der Waals surface area contributed by atoms with Crippen molar-refractivity contribution >= 4 is 23.2 Å². The number of nitrogens with zero attached hydrogens (tertiary/aromatic N) is 2. The molecule has 0 amide bonds. The molecule has 3 unspecified atom stereocenters. The first kappa shape index (κ1) is 19.6. The zero-order chi connectivity index (χ0) is 21.9. The summed E-state index contributed by atoms with van der Waals surface area (Å²) in [6.45, 7) is 3.29. The Kier molecular flexibility index (Phi) is 4.30. The van der Waals surface area contributed by atoms with Crippen LogP contribution in [-0.2, 0) is 4.79 Å². The summed E-state index contributed by atoms with van der Waals surface area (Å²) in [4.78, 5) is 31.3. The number of aromatic nitrogens is 1. The summed E-state index contributed by atoms with van der Waals surface area (Å²) in [5.74, 6) is 0.183. The minimum absolute atomic E-state index is 0.0429. The van der Waals surface area contributed by atoms with Crippen molar-refractivity contribution in [1.82, 2.24) is 4.57 Å². The molecule has 0 fully saturated rings. The molecular formula is C23H20N2O5S. The third-order valence-corrected chi connectivity index (χ3v) is 6.84. The summed E-state index contributed by atoms with van der Waals surface area (Å²) < 4.78 is 13.3. The standard InChI is InChI=1S/C23H20N2O5S/c1-12(26)18-19-14-8-4-5-9-15(14)30-23(18,2)24-22-25(19)21(28)17(31-22)11-13-7-6-10-16(29-3)20(13)27/h4-11,18-19,27H,1-3H3/b17-11+. The molecule has 3 atom stereocenters. The lowest BCUT2D eigenvalue weighted by Gasteiger charge is -2.45. The summed E-state index contributed by atoms with van der Waals surface area (Å²) in [6, 6.07) is 12.0. The Morgan fingerprint density at radius 2 is 2.06 bits per heavy atom. The van der Waals surface area contributed by atoms with Crippen LogP contribution in [0.4, 0.5) is 0 Å². The molecule has 2 aromatic carbocycles. The van der Waals surface area contributed by atoms with E-state index >= 15 is 0 Å². The normalized spacial score (nSPS) is 23.9. The van der Waals surface area contributed by atoms with Gasteiger partial charge in [0, 0.05) is 11.1 Å². The fourth-order valence-corrected chi connectivity index (χ4v) is 5.61. The van der Waals surface area contributed by atoms with Gasteiger partial charge in [-0.2, -0.15) is 0 Å². The zero-order valence-electron chi connectivity index (χ0n) is 17.2. The molecule has 2 aliphatic heterocycles. The first-order valence-corrected chi connectivity index (χ1v) is 10.6. The number of ether oxygens (including phenoxy) is 2. The Hall–Kier alpha value is -3.39. The van der Waals surface area contributed by atoms with Crippen LogP contribution in [0, 0.1) is 5.92 Å². The van der Waals surface area contributed by atoms with E-state index in [9.17, 15) is 14.7 Å². The second kappa shape index (κ2) is 6.81. The zero-order valence-corrected chi connectivity index (χ0v) is 18.0. The molecule has 158 valence electrons. The molecule has 3 aromatic rings. The molecule has 0 saturated carbocycles. The van der Waals surface area contributed by atoms with Crippen molar-refractivity contribution in [2.45, 2.75) is 25.6 Å². The predicted octanol–water partition coefficient (Wildman–Crippen LogP) is 1.99. The molecule has 0 aliphatic carbocycles. The maximum atomic E-state index is 13.5. The van der Waals surface area contributed by atoms with Crippen molar-refractivity contribution in [3.8, 4) is 17.2 Å². The van der Waals surface area contributed by atoms with Gasteiger partial charge in [-0.15, -0.1) is 0 Å². The summed E-state index contributed by atoms with van der Waals surface area (Å²) in [7, 11) is 1.47. The molecule has 2 aliphatic rings. The molecule has 1 N–H and O–H groups in total. The molecule has 0 spiro atoms. The smallest absolute Gasteiger partial charge is 0.270 e. The van der Waals surface area contributed by atoms with Crippen LogP contribution in [0.25, 0.3) is 6.08 Å². The van der Waals surface area contributed by atoms with Crippen LogP contribution in [0.15, 0.2) is 52.3 Å². The van der Waals surface area contributed by atoms with Gasteiger partial charge in [0.05, 0.1) is 17.7 Å². The van der Waals surface area contributed by atoms with E-state index < -0.39 is 17.7 Å². The second-order valence-corrected chi connectivity index (χ2v) is 8.82. The number of phenolic OH excluding ortho intramolecular Hbond substituents is 1. The van der Waals surface area contributed by atoms with Crippen LogP contribution >= 0.6 is 11.3 Å². The van der Waals surface area contributed by atoms with E-state index in [2.05, 4.69) is 0 Å². The fraction of sp³-hybridized carbons (Fsp3) is 0.261. The second-order valence-electron chi connectivity index (χ2n) is 7.81. The number of ketones is 1. The average molecular weight is 436 g/mol. The van der Waals surface area contributed by atoms with Crippen LogP contribution in [0.3, 0.4) is 0 Å². The van der Waals surface area contributed by atoms with Gasteiger partial charge in [0.15, 0.2) is 16.3 Å². The molecule has 31 heavy (non-hydrogen) atoms. The Labute approximate surface area is 181 Å². The van der Waals surface area contributed by atoms with Crippen LogP contribution in [0.1, 0.15) is 31.0 Å². The summed E-state index contributed by atoms with van der Waals surface area (Å²) >= 11 is 1.21. The first-order valence-electron chi connectivity index (χ1n) is 9.81. The number of fused-ring (bicyclic) bond motifs is 6. The third kappa shape index (κ3) is 2.82. The van der Waals surface area contributed by atoms with Gasteiger partial charge in [-0.1, -0.05) is 41.7 Å². The van der Waals surface area contributed by atoms with E-state index in [1.807, 2.05) is 24.3 Å². The minimum atomic E-state index is -1.10. The molecule has 3 heterocycles. The van der Waals surface area contributed by atoms with Gasteiger partial charge in [0.25, 0.3) is 5.56 Å². The van der Waals surface area contributed by atoms with Crippen LogP contribution in [-0.4, -0.2) is 28.3 Å². The molecule has 5 rings (SSSR count). The lowest BCUT2D eigenvalue weighted by molar-refractivity contribution is -0.132. The van der Waals surface area contributed by atoms with E-state index in [-0.39, 0.29) is 17.1 Å². The Morgan fingerprint density at radius 3 is 2.81 bits per heavy atom. The molecule has 8 heteroatoms. The van der Waals surface area contributed by atoms with Gasteiger partial charge in [-0.05, 0) is 32.1 Å². The highest BCUT2D eigenvalue weighted by Gasteiger charge is 2.53. The predicted molar refractivity (Wildman–Crippen MR) is 115 cm³/mol. The van der Waals surface area contributed by atoms with Gasteiger partial charge < -0.3 is 14.6 Å². The number of thiazole rings is 1. The molecule has 1 aromatic heterocycles. The quantitative estimate of drug-likeness (QED) is 0.678. The fourth-order valence-electron chi connectivity index (χ4n) is 4.52. The number of phenols is 1. The number of methoxy groups -OCH3 is 1. The largest absolute Gasteiger partial charge is 0.504 e. The van der Waals surface area contributed by atoms with Crippen molar-refractivity contribution < 1.29 is 19.4 Å². The molecule has 0 saturated heterocycles. The minimum Gasteiger partial charge on any atom is -0.504 e. The van der Waals surface area contributed by atoms with Crippen molar-refractivity contribution in [3.05, 3.63) is 73.3 Å². The van der Waals surface area contributed by atoms with E-state index in [0.717, 1.165) is 5.56 Å². The summed E-state index contributed by atoms with van der Waals surface area (Å²) in [5.41, 5.74) is -0.116. The highest BCUT2D eigenvalue weighted by molar-refractivity contribution is 7.07. The molecule has 2 bridgehead atoms. The van der Waals surface area contributed by atoms with Crippen molar-refractivity contribution in [2.24, 2.45) is 10.9 Å². The van der Waals surface area contributed by atoms with Crippen molar-refractivity contribution in [3.63, 3.8) is 0 Å². The third-order valence-electron chi connectivity index (χ3n) is 5.85. The van der Waals surface area contributed by atoms with Gasteiger partial charge in [0.2, 0.25) is 5.72 Å². The van der Waals surface area contributed by atoms with Gasteiger partial charge in [-0.25, -0.2) is 4.99 Å². The van der Waals surface area contributed by atoms with E-state index in [1.54, 1.807) is 35.8 Å². The Bertz CT molecular complexity index is 1410. The van der Waals surface area contributed by atoms with Crippen LogP contribution in [0.5, 0.6) is 17.2 Å². The lowest BCUT2D eigenvalue weighted by Crippen LogP contribution is -2.58. The number of hydrogen-bond acceptors (Lipinski definition) is 7. The highest BCUT2D eigenvalue weighted by atomic mass is 32.1. The number of aromatic hydroxyl groups is 1. The van der Waals surface area contributed by atoms with Crippen LogP contribution < -0.4 is 24.4 Å². The average Bonchev–Trinajstić information content (AvgIpc) is 3.02. The van der Waals surface area contributed by atoms with E-state index in [4.69, 9.17) is 14.5 Å². The number of carbonyl (C=O) groups is 1. The first-order chi connectivity index (χ1) is 14.8. The van der Waals surface area contributed by atoms with Crippen molar-refractivity contribution in [1.29, 1.82) is 0 Å². The van der Waals surface area contributed by atoms with E-state index in [1.165, 1.54) is 25.4 Å². The maximum absolute atomic E-state index is 13.5. The monoisotopic (exact) mass is 436 g/mol. The SMILES string of the molecule is COc1cccc(/C=c2/sc3n(c2=O)C2c4ccccc4OC(C)(N=3)C2C(C)=O)c1O. The number of Topliss-reactive ketones (excluding diaryl/α,β-unsaturated/α-hetero) is 1.